The lowest BCUT2D eigenvalue weighted by Crippen LogP contribution is -1.75. The second-order valence-corrected chi connectivity index (χ2v) is 1.17. The maximum absolute atomic E-state index is 9.65. The summed E-state index contributed by atoms with van der Waals surface area (Å²) in [7, 11) is 0. The highest BCUT2D eigenvalue weighted by Gasteiger charge is 1.76. The summed E-state index contributed by atoms with van der Waals surface area (Å²) < 4.78 is 0. The van der Waals surface area contributed by atoms with Crippen LogP contribution in [0.1, 0.15) is 12.8 Å². The molecule has 0 rings (SSSR count). The van der Waals surface area contributed by atoms with E-state index in [9.17, 15) is 9.90 Å². The number of hydrogen-bond donors (Lipinski definition) is 0. The van der Waals surface area contributed by atoms with Gasteiger partial charge in [0.05, 0.1) is 6.61 Å². The fourth-order valence-electron chi connectivity index (χ4n) is 0.244. The van der Waals surface area contributed by atoms with Gasteiger partial charge in [-0.1, -0.05) is 0 Å². The molecule has 0 saturated carbocycles. The van der Waals surface area contributed by atoms with Gasteiger partial charge >= 0.3 is 0 Å². The Kier molecular flexibility index (Phi) is 4.95. The minimum atomic E-state index is -0.0990. The molecule has 0 bridgehead atoms. The van der Waals surface area contributed by atoms with E-state index < -0.39 is 0 Å². The molecule has 0 aromatic carbocycles. The average molecular weight is 99.1 g/mol. The van der Waals surface area contributed by atoms with Crippen molar-refractivity contribution in [1.82, 2.24) is 0 Å². The topological polar surface area (TPSA) is 37.0 Å². The zero-order valence-corrected chi connectivity index (χ0v) is 4.02. The molecule has 7 heavy (non-hydrogen) atoms. The molecule has 0 aromatic heterocycles. The molecule has 2 nitrogen and oxygen atoms in total. The third kappa shape index (κ3) is 5.41. The molecule has 0 fully saturated rings. The van der Waals surface area contributed by atoms with Crippen LogP contribution < -0.4 is 0 Å². The van der Waals surface area contributed by atoms with E-state index in [1.54, 1.807) is 5.94 Å². The predicted octanol–water partition coefficient (Wildman–Crippen LogP) is 0.585. The van der Waals surface area contributed by atoms with Crippen molar-refractivity contribution >= 4 is 5.94 Å². The van der Waals surface area contributed by atoms with Crippen LogP contribution in [0, 0.1) is 0 Å². The maximum atomic E-state index is 9.65. The minimum Gasteiger partial charge on any atom is -0.237 e. The molecular weight excluding hydrogens is 92.1 g/mol. The van der Waals surface area contributed by atoms with Gasteiger partial charge in [0.15, 0.2) is 0 Å². The third-order valence-corrected chi connectivity index (χ3v) is 0.576. The molecule has 0 spiro atoms. The number of hydrogen-bond acceptors (Lipinski definition) is 1. The zero-order chi connectivity index (χ0) is 5.54. The molecule has 0 saturated heterocycles. The zero-order valence-electron chi connectivity index (χ0n) is 4.02. The first kappa shape index (κ1) is 6.41. The molecule has 0 aliphatic rings. The fraction of sp³-hybridized carbons (Fsp3) is 0.600. The molecule has 0 unspecified atom stereocenters. The van der Waals surface area contributed by atoms with E-state index in [4.69, 9.17) is 0 Å². The smallest absolute Gasteiger partial charge is 0.120 e. The largest absolute Gasteiger partial charge is 0.237 e. The summed E-state index contributed by atoms with van der Waals surface area (Å²) in [6, 6.07) is 0. The van der Waals surface area contributed by atoms with Gasteiger partial charge in [-0.15, -0.1) is 0 Å². The van der Waals surface area contributed by atoms with Crippen molar-refractivity contribution in [3.05, 3.63) is 6.08 Å². The molecule has 0 amide bonds. The van der Waals surface area contributed by atoms with Crippen molar-refractivity contribution < 1.29 is 9.90 Å². The predicted molar refractivity (Wildman–Crippen MR) is 25.1 cm³/mol. The third-order valence-electron chi connectivity index (χ3n) is 0.576. The molecule has 1 radical (unpaired) electrons. The van der Waals surface area contributed by atoms with Gasteiger partial charge in [0.2, 0.25) is 0 Å². The highest BCUT2D eigenvalue weighted by molar-refractivity contribution is 5.44. The number of rotatable bonds is 3. The van der Waals surface area contributed by atoms with Crippen LogP contribution in [0.25, 0.3) is 0 Å². The van der Waals surface area contributed by atoms with Crippen molar-refractivity contribution in [2.24, 2.45) is 0 Å². The van der Waals surface area contributed by atoms with E-state index in [1.165, 1.54) is 6.08 Å². The van der Waals surface area contributed by atoms with Crippen molar-refractivity contribution in [2.75, 3.05) is 6.61 Å². The lowest BCUT2D eigenvalue weighted by atomic mass is 10.3. The van der Waals surface area contributed by atoms with Gasteiger partial charge < -0.3 is 0 Å². The highest BCUT2D eigenvalue weighted by Crippen LogP contribution is 1.83. The SMILES string of the molecule is [O]CCCC=C=O. The van der Waals surface area contributed by atoms with Gasteiger partial charge in [-0.05, 0) is 18.9 Å². The van der Waals surface area contributed by atoms with E-state index in [0.717, 1.165) is 0 Å². The Bertz CT molecular complexity index is 72.1. The fourth-order valence-corrected chi connectivity index (χ4v) is 0.244. The second kappa shape index (κ2) is 5.41. The molecule has 0 N–H and O–H groups in total. The van der Waals surface area contributed by atoms with Crippen molar-refractivity contribution in [1.29, 1.82) is 0 Å². The van der Waals surface area contributed by atoms with Crippen molar-refractivity contribution in [2.45, 2.75) is 12.8 Å². The quantitative estimate of drug-likeness (QED) is 0.376. The Morgan fingerprint density at radius 2 is 2.29 bits per heavy atom. The van der Waals surface area contributed by atoms with Crippen LogP contribution in [0.5, 0.6) is 0 Å². The van der Waals surface area contributed by atoms with Crippen LogP contribution in [0.2, 0.25) is 0 Å². The Morgan fingerprint density at radius 1 is 1.57 bits per heavy atom. The molecular formula is C5H7O2. The summed E-state index contributed by atoms with van der Waals surface area (Å²) >= 11 is 0. The average Bonchev–Trinajstić information content (AvgIpc) is 1.69. The van der Waals surface area contributed by atoms with Crippen LogP contribution in [0.15, 0.2) is 6.08 Å². The Labute approximate surface area is 42.5 Å². The van der Waals surface area contributed by atoms with Crippen LogP contribution in [0.3, 0.4) is 0 Å². The van der Waals surface area contributed by atoms with Crippen LogP contribution in [0.4, 0.5) is 0 Å². The molecule has 0 atom stereocenters. The number of unbranched alkanes of at least 4 members (excludes halogenated alkanes) is 1. The lowest BCUT2D eigenvalue weighted by Gasteiger charge is -1.78. The van der Waals surface area contributed by atoms with E-state index in [2.05, 4.69) is 0 Å². The summed E-state index contributed by atoms with van der Waals surface area (Å²) in [6.45, 7) is -0.0990. The molecule has 2 heteroatoms. The van der Waals surface area contributed by atoms with E-state index in [1.807, 2.05) is 0 Å². The molecule has 39 valence electrons. The summed E-state index contributed by atoms with van der Waals surface area (Å²) in [4.78, 5) is 9.40. The summed E-state index contributed by atoms with van der Waals surface area (Å²) in [6.07, 6.45) is 2.46. The summed E-state index contributed by atoms with van der Waals surface area (Å²) in [5, 5.41) is 9.65. The Morgan fingerprint density at radius 3 is 2.71 bits per heavy atom. The number of carbonyl (C=O) groups excluding carboxylic acids is 1. The van der Waals surface area contributed by atoms with Crippen LogP contribution >= 0.6 is 0 Å². The minimum absolute atomic E-state index is 0.0990. The van der Waals surface area contributed by atoms with Gasteiger partial charge in [0.1, 0.15) is 5.94 Å². The van der Waals surface area contributed by atoms with E-state index in [0.29, 0.717) is 12.8 Å². The monoisotopic (exact) mass is 99.0 g/mol. The summed E-state index contributed by atoms with van der Waals surface area (Å²) in [5.74, 6) is 1.59. The van der Waals surface area contributed by atoms with Gasteiger partial charge in [-0.3, -0.25) is 0 Å². The highest BCUT2D eigenvalue weighted by atomic mass is 16.2. The van der Waals surface area contributed by atoms with E-state index in [-0.39, 0.29) is 6.61 Å². The second-order valence-electron chi connectivity index (χ2n) is 1.17. The molecule has 0 heterocycles. The van der Waals surface area contributed by atoms with Gasteiger partial charge in [0.25, 0.3) is 0 Å². The molecule has 0 aliphatic heterocycles. The Balaban J connectivity index is 2.83. The van der Waals surface area contributed by atoms with E-state index >= 15 is 0 Å². The van der Waals surface area contributed by atoms with Gasteiger partial charge in [-0.25, -0.2) is 9.90 Å². The Hall–Kier alpha value is -0.590. The van der Waals surface area contributed by atoms with Crippen LogP contribution in [-0.4, -0.2) is 12.5 Å². The normalized spacial score (nSPS) is 7.57. The van der Waals surface area contributed by atoms with Crippen molar-refractivity contribution in [3.8, 4) is 0 Å². The lowest BCUT2D eigenvalue weighted by molar-refractivity contribution is 0.190. The van der Waals surface area contributed by atoms with Gasteiger partial charge in [0, 0.05) is 0 Å². The first-order valence-electron chi connectivity index (χ1n) is 2.19. The first-order valence-corrected chi connectivity index (χ1v) is 2.19. The summed E-state index contributed by atoms with van der Waals surface area (Å²) in [5.41, 5.74) is 0. The number of allylic oxidation sites excluding steroid dienone is 1. The van der Waals surface area contributed by atoms with Gasteiger partial charge in [-0.2, -0.15) is 0 Å². The standard InChI is InChI=1S/C5H7O2/c6-4-2-1-3-5-7/h2H,1,3,5H2. The molecule has 0 aromatic rings. The first-order chi connectivity index (χ1) is 3.41. The van der Waals surface area contributed by atoms with Crippen molar-refractivity contribution in [3.63, 3.8) is 0 Å². The maximum Gasteiger partial charge on any atom is 0.120 e. The molecule has 0 aliphatic carbocycles. The van der Waals surface area contributed by atoms with Crippen LogP contribution in [-0.2, 0) is 9.90 Å².